The lowest BCUT2D eigenvalue weighted by molar-refractivity contribution is 0.139. The number of benzene rings is 1. The predicted molar refractivity (Wildman–Crippen MR) is 65.7 cm³/mol. The normalized spacial score (nSPS) is 11.2. The van der Waals surface area contributed by atoms with Crippen molar-refractivity contribution in [3.8, 4) is 0 Å². The van der Waals surface area contributed by atoms with E-state index in [-0.39, 0.29) is 11.7 Å². The first-order valence-corrected chi connectivity index (χ1v) is 6.08. The summed E-state index contributed by atoms with van der Waals surface area (Å²) in [5, 5.41) is 0. The zero-order valence-corrected chi connectivity index (χ0v) is 10.4. The summed E-state index contributed by atoms with van der Waals surface area (Å²) < 4.78 is 20.8. The molecule has 0 radical (unpaired) electrons. The third-order valence-electron chi connectivity index (χ3n) is 2.59. The average molecular weight is 257 g/mol. The van der Waals surface area contributed by atoms with Crippen LogP contribution in [0, 0.1) is 5.82 Å². The Kier molecular flexibility index (Phi) is 3.97. The zero-order valence-electron chi connectivity index (χ0n) is 9.62. The minimum Gasteiger partial charge on any atom is -0.380 e. The number of hydrogen-bond acceptors (Lipinski definition) is 2. The summed E-state index contributed by atoms with van der Waals surface area (Å²) in [6, 6.07) is 4.92. The van der Waals surface area contributed by atoms with Crippen molar-refractivity contribution in [2.45, 2.75) is 19.3 Å². The zero-order chi connectivity index (χ0) is 12.3. The van der Waals surface area contributed by atoms with E-state index in [1.807, 2.05) is 17.6 Å². The summed E-state index contributed by atoms with van der Waals surface area (Å²) in [7, 11) is 0. The second-order valence-corrected chi connectivity index (χ2v) is 3.89. The molecular weight excluding hydrogens is 243 g/mol. The summed E-state index contributed by atoms with van der Waals surface area (Å²) in [5.41, 5.74) is 1.14. The van der Waals surface area contributed by atoms with E-state index in [0.29, 0.717) is 31.1 Å². The van der Waals surface area contributed by atoms with Gasteiger partial charge in [0.15, 0.2) is 5.82 Å². The number of nitrogens with zero attached hydrogens (tertiary/aromatic N) is 2. The predicted octanol–water partition coefficient (Wildman–Crippen LogP) is 2.95. The van der Waals surface area contributed by atoms with Crippen molar-refractivity contribution in [3.63, 3.8) is 0 Å². The maximum Gasteiger partial charge on any atom is 0.151 e. The van der Waals surface area contributed by atoms with Gasteiger partial charge < -0.3 is 9.30 Å². The van der Waals surface area contributed by atoms with Crippen molar-refractivity contribution in [2.24, 2.45) is 0 Å². The Morgan fingerprint density at radius 2 is 2.29 bits per heavy atom. The Hall–Kier alpha value is -1.13. The van der Waals surface area contributed by atoms with Crippen LogP contribution < -0.4 is 0 Å². The highest BCUT2D eigenvalue weighted by atomic mass is 35.5. The van der Waals surface area contributed by atoms with Crippen molar-refractivity contribution < 1.29 is 9.13 Å². The molecule has 0 spiro atoms. The van der Waals surface area contributed by atoms with Gasteiger partial charge in [-0.25, -0.2) is 9.37 Å². The highest BCUT2D eigenvalue weighted by molar-refractivity contribution is 6.16. The fraction of sp³-hybridized carbons (Fsp3) is 0.417. The molecule has 0 saturated heterocycles. The quantitative estimate of drug-likeness (QED) is 0.608. The Labute approximate surface area is 104 Å². The molecule has 0 amide bonds. The molecule has 0 N–H and O–H groups in total. The fourth-order valence-corrected chi connectivity index (χ4v) is 2.02. The van der Waals surface area contributed by atoms with Crippen LogP contribution in [-0.2, 0) is 17.2 Å². The first-order valence-electron chi connectivity index (χ1n) is 5.55. The number of fused-ring (bicyclic) bond motifs is 1. The van der Waals surface area contributed by atoms with Crippen LogP contribution in [0.1, 0.15) is 12.7 Å². The second-order valence-electron chi connectivity index (χ2n) is 3.62. The molecule has 1 aromatic heterocycles. The van der Waals surface area contributed by atoms with E-state index in [1.54, 1.807) is 6.07 Å². The first kappa shape index (κ1) is 12.3. The number of imidazole rings is 1. The molecule has 0 saturated carbocycles. The van der Waals surface area contributed by atoms with Crippen molar-refractivity contribution in [1.82, 2.24) is 9.55 Å². The van der Waals surface area contributed by atoms with Crippen molar-refractivity contribution >= 4 is 22.6 Å². The van der Waals surface area contributed by atoms with Crippen LogP contribution in [0.3, 0.4) is 0 Å². The van der Waals surface area contributed by atoms with Gasteiger partial charge in [-0.3, -0.25) is 0 Å². The molecule has 0 aliphatic carbocycles. The Balaban J connectivity index is 2.40. The maximum absolute atomic E-state index is 13.6. The molecule has 1 aromatic carbocycles. The minimum absolute atomic E-state index is 0.264. The molecule has 0 aliphatic heterocycles. The summed E-state index contributed by atoms with van der Waals surface area (Å²) in [4.78, 5) is 4.21. The molecule has 3 nitrogen and oxygen atoms in total. The lowest BCUT2D eigenvalue weighted by Gasteiger charge is -2.07. The Morgan fingerprint density at radius 3 is 3.00 bits per heavy atom. The standard InChI is InChI=1S/C12H14ClFN2O/c1-2-17-7-6-16-10-5-3-4-9(14)12(10)15-11(16)8-13/h3-5H,2,6-8H2,1H3. The molecule has 0 unspecified atom stereocenters. The number of aromatic nitrogens is 2. The van der Waals surface area contributed by atoms with Gasteiger partial charge in [-0.05, 0) is 19.1 Å². The number of hydrogen-bond donors (Lipinski definition) is 0. The second kappa shape index (κ2) is 5.47. The van der Waals surface area contributed by atoms with Crippen LogP contribution in [-0.4, -0.2) is 22.8 Å². The average Bonchev–Trinajstić information content (AvgIpc) is 2.70. The lowest BCUT2D eigenvalue weighted by atomic mass is 10.3. The number of alkyl halides is 1. The van der Waals surface area contributed by atoms with Gasteiger partial charge >= 0.3 is 0 Å². The molecule has 5 heteroatoms. The van der Waals surface area contributed by atoms with E-state index in [9.17, 15) is 4.39 Å². The molecule has 0 bridgehead atoms. The summed E-state index contributed by atoms with van der Waals surface area (Å²) in [5.74, 6) is 0.621. The smallest absolute Gasteiger partial charge is 0.151 e. The summed E-state index contributed by atoms with van der Waals surface area (Å²) in [6.07, 6.45) is 0. The van der Waals surface area contributed by atoms with E-state index in [4.69, 9.17) is 16.3 Å². The van der Waals surface area contributed by atoms with E-state index in [0.717, 1.165) is 5.52 Å². The largest absolute Gasteiger partial charge is 0.380 e. The number of rotatable bonds is 5. The molecule has 2 aromatic rings. The van der Waals surface area contributed by atoms with Crippen LogP contribution in [0.15, 0.2) is 18.2 Å². The monoisotopic (exact) mass is 256 g/mol. The van der Waals surface area contributed by atoms with Crippen molar-refractivity contribution in [2.75, 3.05) is 13.2 Å². The topological polar surface area (TPSA) is 27.1 Å². The van der Waals surface area contributed by atoms with Crippen LogP contribution in [0.4, 0.5) is 4.39 Å². The fourth-order valence-electron chi connectivity index (χ4n) is 1.81. The van der Waals surface area contributed by atoms with E-state index in [1.165, 1.54) is 6.07 Å². The number of halogens is 2. The molecule has 0 fully saturated rings. The maximum atomic E-state index is 13.6. The molecule has 17 heavy (non-hydrogen) atoms. The van der Waals surface area contributed by atoms with Gasteiger partial charge in [0.05, 0.1) is 18.0 Å². The van der Waals surface area contributed by atoms with Gasteiger partial charge in [-0.2, -0.15) is 0 Å². The van der Waals surface area contributed by atoms with Gasteiger partial charge in [-0.15, -0.1) is 11.6 Å². The molecule has 1 heterocycles. The Bertz CT molecular complexity index is 512. The Morgan fingerprint density at radius 1 is 1.47 bits per heavy atom. The third kappa shape index (κ3) is 2.42. The van der Waals surface area contributed by atoms with E-state index < -0.39 is 0 Å². The molecule has 2 rings (SSSR count). The van der Waals surface area contributed by atoms with Gasteiger partial charge in [0.1, 0.15) is 11.3 Å². The highest BCUT2D eigenvalue weighted by Crippen LogP contribution is 2.20. The minimum atomic E-state index is -0.316. The number of para-hydroxylation sites is 1. The van der Waals surface area contributed by atoms with Gasteiger partial charge in [0.25, 0.3) is 0 Å². The van der Waals surface area contributed by atoms with Gasteiger partial charge in [0, 0.05) is 13.2 Å². The van der Waals surface area contributed by atoms with Crippen LogP contribution >= 0.6 is 11.6 Å². The van der Waals surface area contributed by atoms with Crippen molar-refractivity contribution in [3.05, 3.63) is 29.8 Å². The van der Waals surface area contributed by atoms with Crippen LogP contribution in [0.5, 0.6) is 0 Å². The summed E-state index contributed by atoms with van der Waals surface area (Å²) >= 11 is 5.82. The first-order chi connectivity index (χ1) is 8.27. The van der Waals surface area contributed by atoms with Gasteiger partial charge in [-0.1, -0.05) is 6.07 Å². The lowest BCUT2D eigenvalue weighted by Crippen LogP contribution is -2.08. The molecule has 0 aliphatic rings. The van der Waals surface area contributed by atoms with Crippen molar-refractivity contribution in [1.29, 1.82) is 0 Å². The third-order valence-corrected chi connectivity index (χ3v) is 2.83. The molecule has 92 valence electrons. The van der Waals surface area contributed by atoms with Crippen LogP contribution in [0.25, 0.3) is 11.0 Å². The molecule has 0 atom stereocenters. The van der Waals surface area contributed by atoms with E-state index >= 15 is 0 Å². The van der Waals surface area contributed by atoms with Crippen LogP contribution in [0.2, 0.25) is 0 Å². The number of ether oxygens (including phenoxy) is 1. The van der Waals surface area contributed by atoms with E-state index in [2.05, 4.69) is 4.98 Å². The summed E-state index contributed by atoms with van der Waals surface area (Å²) in [6.45, 7) is 3.81. The molecular formula is C12H14ClFN2O. The van der Waals surface area contributed by atoms with Gasteiger partial charge in [0.2, 0.25) is 0 Å². The SMILES string of the molecule is CCOCCn1c(CCl)nc2c(F)cccc21. The highest BCUT2D eigenvalue weighted by Gasteiger charge is 2.12.